The molecule has 6 heterocycles. The number of benzene rings is 4. The van der Waals surface area contributed by atoms with Gasteiger partial charge in [-0.05, 0) is 136 Å². The maximum Gasteiger partial charge on any atom is 0.312 e. The van der Waals surface area contributed by atoms with Gasteiger partial charge in [0.2, 0.25) is 0 Å². The summed E-state index contributed by atoms with van der Waals surface area (Å²) in [6.07, 6.45) is -23.0. The van der Waals surface area contributed by atoms with E-state index in [2.05, 4.69) is 0 Å². The molecular formula is C75H106Cl2N12O26. The van der Waals surface area contributed by atoms with Gasteiger partial charge in [0.1, 0.15) is 84.7 Å². The second-order valence-electron chi connectivity index (χ2n) is 29.3. The molecule has 28 atom stereocenters. The predicted molar refractivity (Wildman–Crippen MR) is 410 cm³/mol. The van der Waals surface area contributed by atoms with E-state index < -0.39 is 196 Å². The van der Waals surface area contributed by atoms with Gasteiger partial charge in [-0.15, -0.1) is 0 Å². The number of halogens is 2. The summed E-state index contributed by atoms with van der Waals surface area (Å²) in [6.45, 7) is 2.09. The lowest BCUT2D eigenvalue weighted by Crippen LogP contribution is -2.68. The minimum atomic E-state index is -1.56. The standard InChI is InChI=1S/C38H53ClN6O13.C19H16ClNO4.C18H37N5O9/c1-16-20(21-9-19(52-2)7-8-25(21)45(16)36(51)17-3-5-18(39)6-4-17)10-29(47)54-15-53-14-28-31(48)30(44)32(49)38(56-28)58-35-23(42)11-22(41)34(33(35)50)57-37-24(43)12-26(46)27(13-40)55-37;1-11-15(10-18(22)23)16-9-14(25-2)7-8-17(16)21(11)19(24)12-3-5-13(20)6-4-12;19-3-9-8(25)2-7(22)17(29-9)31-15-5(20)1-6(21)16(14(15)28)32-18-13(27)11(23)12(26)10(4-24)30-18/h3-9,22-24,26-28,30-35,37-38,46,48-50H,10-15,40-44H2,1-2H3;3-9H,10H2,1-2H3,(H,22,23);5-18,24-28H,1-4,19-23H2/t22-,23+,24+,26-,27+,28+,30-,31+,32+,33-,34+,35-,37+,38+;;5-,6+,7+,8-,9+,10+,11-,12+,13+,14-,15+,16-,17+,18+/m0.0/s1. The Balaban J connectivity index is 0.000000205. The Morgan fingerprint density at radius 1 is 0.470 bits per heavy atom. The fraction of sp³-hybridized carbons (Fsp3) is 0.573. The van der Waals surface area contributed by atoms with Gasteiger partial charge in [-0.3, -0.25) is 28.3 Å². The summed E-state index contributed by atoms with van der Waals surface area (Å²) in [5, 5.41) is 106. The molecule has 0 spiro atoms. The van der Waals surface area contributed by atoms with Crippen LogP contribution in [0.2, 0.25) is 10.0 Å². The average Bonchev–Trinajstić information content (AvgIpc) is 1.62. The molecule has 6 aliphatic rings. The first-order valence-corrected chi connectivity index (χ1v) is 38.0. The molecule has 30 N–H and O–H groups in total. The lowest BCUT2D eigenvalue weighted by Gasteiger charge is -2.48. The maximum atomic E-state index is 13.6. The molecule has 0 bridgehead atoms. The predicted octanol–water partition coefficient (Wildman–Crippen LogP) is -4.28. The fourth-order valence-electron chi connectivity index (χ4n) is 15.1. The van der Waals surface area contributed by atoms with Crippen LogP contribution in [-0.2, 0) is 69.8 Å². The molecule has 4 saturated heterocycles. The first-order chi connectivity index (χ1) is 54.6. The fourth-order valence-corrected chi connectivity index (χ4v) is 15.3. The highest BCUT2D eigenvalue weighted by Crippen LogP contribution is 2.37. The van der Waals surface area contributed by atoms with Gasteiger partial charge in [0.25, 0.3) is 11.8 Å². The number of aliphatic hydroxyl groups excluding tert-OH is 9. The van der Waals surface area contributed by atoms with E-state index in [1.165, 1.54) is 16.2 Å². The molecular weight excluding hydrogens is 1560 g/mol. The number of rotatable bonds is 23. The molecule has 0 amide bonds. The lowest BCUT2D eigenvalue weighted by molar-refractivity contribution is -0.317. The molecule has 38 nitrogen and oxygen atoms in total. The minimum absolute atomic E-state index is 0.0114. The van der Waals surface area contributed by atoms with E-state index in [1.807, 2.05) is 0 Å². The number of nitrogens with zero attached hydrogens (tertiary/aromatic N) is 2. The molecule has 6 aromatic rings. The lowest BCUT2D eigenvalue weighted by atomic mass is 9.84. The van der Waals surface area contributed by atoms with Gasteiger partial charge in [-0.2, -0.15) is 0 Å². The SMILES string of the molecule is COc1ccc2c(c1)c(CC(=O)O)c(C)n2C(=O)c1ccc(Cl)cc1.COc1ccc2c(c1)c(CC(=O)OCOC[C@H]1O[C@H](O[C@@H]3[C@@H](O)[C@H](O[C@H]4O[C@H](CN)[C@@H](O)C[C@H]4N)[C@@H](N)C[C@H]3N)[C@H](O)[C@@H](N)[C@@H]1O)c(C)n2C(=O)c1ccc(Cl)cc1.NC[C@H]1O[C@H](O[C@H]2[C@H](O)[C@@H](O[C@H]3O[C@H](CO)[C@@H](O)[C@H](N)[C@H]3O)[C@H](N)C[C@@H]2N)[C@H](N)C[C@@H]1O. The largest absolute Gasteiger partial charge is 0.497 e. The quantitative estimate of drug-likeness (QED) is 0.0164. The Hall–Kier alpha value is -6.70. The van der Waals surface area contributed by atoms with E-state index in [4.69, 9.17) is 137 Å². The van der Waals surface area contributed by atoms with Crippen molar-refractivity contribution < 1.29 is 127 Å². The van der Waals surface area contributed by atoms with Crippen LogP contribution in [0.15, 0.2) is 84.9 Å². The number of aliphatic carboxylic acids is 1. The van der Waals surface area contributed by atoms with Crippen LogP contribution >= 0.6 is 23.2 Å². The van der Waals surface area contributed by atoms with Crippen LogP contribution in [0, 0.1) is 13.8 Å². The minimum Gasteiger partial charge on any atom is -0.497 e. The number of esters is 1. The summed E-state index contributed by atoms with van der Waals surface area (Å²) in [5.74, 6) is -1.05. The molecule has 6 fully saturated rings. The van der Waals surface area contributed by atoms with Gasteiger partial charge in [0.15, 0.2) is 32.0 Å². The maximum absolute atomic E-state index is 13.6. The first-order valence-electron chi connectivity index (χ1n) is 37.3. The third kappa shape index (κ3) is 20.6. The molecule has 636 valence electrons. The molecule has 0 unspecified atom stereocenters. The van der Waals surface area contributed by atoms with E-state index in [0.29, 0.717) is 77.0 Å². The van der Waals surface area contributed by atoms with Crippen molar-refractivity contribution in [2.24, 2.45) is 57.3 Å². The smallest absolute Gasteiger partial charge is 0.312 e. The third-order valence-electron chi connectivity index (χ3n) is 21.6. The second-order valence-corrected chi connectivity index (χ2v) is 30.2. The highest BCUT2D eigenvalue weighted by Gasteiger charge is 2.53. The van der Waals surface area contributed by atoms with Crippen LogP contribution in [0.5, 0.6) is 11.5 Å². The van der Waals surface area contributed by atoms with E-state index in [-0.39, 0.29) is 70.0 Å². The monoisotopic (exact) mass is 1660 g/mol. The van der Waals surface area contributed by atoms with E-state index in [1.54, 1.807) is 106 Å². The first kappa shape index (κ1) is 90.6. The number of nitrogens with two attached hydrogens (primary N) is 10. The Morgan fingerprint density at radius 3 is 1.21 bits per heavy atom. The van der Waals surface area contributed by atoms with E-state index in [0.717, 1.165) is 0 Å². The highest BCUT2D eigenvalue weighted by atomic mass is 35.5. The zero-order valence-corrected chi connectivity index (χ0v) is 65.0. The number of fused-ring (bicyclic) bond motifs is 2. The molecule has 4 aromatic carbocycles. The van der Waals surface area contributed by atoms with Crippen molar-refractivity contribution in [1.29, 1.82) is 0 Å². The number of carboxylic acid groups (broad SMARTS) is 1. The summed E-state index contributed by atoms with van der Waals surface area (Å²) in [5.41, 5.74) is 64.8. The van der Waals surface area contributed by atoms with Crippen LogP contribution < -0.4 is 66.8 Å². The van der Waals surface area contributed by atoms with E-state index in [9.17, 15) is 70.2 Å². The Morgan fingerprint density at radius 2 is 0.835 bits per heavy atom. The molecule has 2 aliphatic carbocycles. The molecule has 2 saturated carbocycles. The normalized spacial score (nSPS) is 34.3. The molecule has 4 aliphatic heterocycles. The number of aromatic nitrogens is 2. The number of methoxy groups -OCH3 is 2. The van der Waals surface area contributed by atoms with Crippen LogP contribution in [0.4, 0.5) is 0 Å². The number of carbonyl (C=O) groups excluding carboxylic acids is 3. The second kappa shape index (κ2) is 39.9. The topological polar surface area (TPSA) is 651 Å². The molecule has 12 rings (SSSR count). The molecule has 0 radical (unpaired) electrons. The van der Waals surface area contributed by atoms with Crippen molar-refractivity contribution >= 4 is 68.8 Å². The zero-order chi connectivity index (χ0) is 83.9. The van der Waals surface area contributed by atoms with Crippen molar-refractivity contribution in [3.8, 4) is 11.5 Å². The average molecular weight is 1660 g/mol. The Bertz CT molecular complexity index is 4250. The number of hydrogen-bond acceptors (Lipinski definition) is 35. The molecule has 115 heavy (non-hydrogen) atoms. The van der Waals surface area contributed by atoms with Gasteiger partial charge >= 0.3 is 11.9 Å². The van der Waals surface area contributed by atoms with Gasteiger partial charge in [-0.25, -0.2) is 0 Å². The third-order valence-corrected chi connectivity index (χ3v) is 22.1. The van der Waals surface area contributed by atoms with Crippen molar-refractivity contribution in [2.75, 3.05) is 47.3 Å². The number of carbonyl (C=O) groups is 4. The van der Waals surface area contributed by atoms with Crippen LogP contribution in [-0.4, -0.2) is 302 Å². The van der Waals surface area contributed by atoms with E-state index >= 15 is 0 Å². The van der Waals surface area contributed by atoms with Crippen LogP contribution in [0.3, 0.4) is 0 Å². The molecule has 2 aromatic heterocycles. The summed E-state index contributed by atoms with van der Waals surface area (Å²) >= 11 is 11.9. The Labute approximate surface area is 670 Å². The van der Waals surface area contributed by atoms with Crippen molar-refractivity contribution in [3.05, 3.63) is 129 Å². The highest BCUT2D eigenvalue weighted by molar-refractivity contribution is 6.31. The van der Waals surface area contributed by atoms with Gasteiger partial charge in [0, 0.05) is 80.6 Å². The Kier molecular flexibility index (Phi) is 31.4. The van der Waals surface area contributed by atoms with Crippen molar-refractivity contribution in [1.82, 2.24) is 9.13 Å². The van der Waals surface area contributed by atoms with Gasteiger partial charge in [0.05, 0.1) is 99.9 Å². The van der Waals surface area contributed by atoms with Gasteiger partial charge < -0.3 is 165 Å². The molecule has 40 heteroatoms. The summed E-state index contributed by atoms with van der Waals surface area (Å²) in [7, 11) is 3.05. The summed E-state index contributed by atoms with van der Waals surface area (Å²) in [4.78, 5) is 51.0. The number of aliphatic hydroxyl groups is 9. The van der Waals surface area contributed by atoms with Crippen LogP contribution in [0.1, 0.15) is 68.9 Å². The number of carboxylic acids is 1. The summed E-state index contributed by atoms with van der Waals surface area (Å²) in [6, 6.07) is 16.6. The van der Waals surface area contributed by atoms with Gasteiger partial charge in [-0.1, -0.05) is 23.2 Å². The van der Waals surface area contributed by atoms with Crippen molar-refractivity contribution in [3.63, 3.8) is 0 Å². The zero-order valence-electron chi connectivity index (χ0n) is 63.5. The van der Waals surface area contributed by atoms with Crippen LogP contribution in [0.25, 0.3) is 21.8 Å². The number of ether oxygens (including phenoxy) is 12. The number of hydrogen-bond donors (Lipinski definition) is 20. The van der Waals surface area contributed by atoms with Crippen molar-refractivity contribution in [2.45, 2.75) is 224 Å². The summed E-state index contributed by atoms with van der Waals surface area (Å²) < 4.78 is 71.0.